The Hall–Kier alpha value is -2.99. The number of nitrogens with zero attached hydrogens (tertiary/aromatic N) is 1. The first-order valence-corrected chi connectivity index (χ1v) is 11.4. The van der Waals surface area contributed by atoms with Gasteiger partial charge in [-0.05, 0) is 54.2 Å². The third-order valence-corrected chi connectivity index (χ3v) is 5.71. The fraction of sp³-hybridized carbons (Fsp3) is 0.444. The summed E-state index contributed by atoms with van der Waals surface area (Å²) in [6.45, 7) is 12.9. The first kappa shape index (κ1) is 24.6. The summed E-state index contributed by atoms with van der Waals surface area (Å²) in [5.41, 5.74) is 2.61. The maximum Gasteiger partial charge on any atom is 0.344 e. The molecule has 0 bridgehead atoms. The van der Waals surface area contributed by atoms with Crippen LogP contribution in [0.25, 0.3) is 22.1 Å². The molecule has 0 amide bonds. The number of phenols is 1. The van der Waals surface area contributed by atoms with Crippen molar-refractivity contribution in [1.29, 1.82) is 0 Å². The number of benzene rings is 2. The van der Waals surface area contributed by atoms with Gasteiger partial charge in [0.25, 0.3) is 0 Å². The molecule has 0 saturated heterocycles. The normalized spacial score (nSPS) is 11.7. The van der Waals surface area contributed by atoms with E-state index in [-0.39, 0.29) is 5.75 Å². The number of phenolic OH excluding ortho intramolecular Hbond substituents is 1. The maximum atomic E-state index is 13.2. The molecule has 0 aliphatic rings. The molecule has 0 aliphatic carbocycles. The highest BCUT2D eigenvalue weighted by Crippen LogP contribution is 2.36. The second kappa shape index (κ2) is 10.3. The molecule has 0 atom stereocenters. The van der Waals surface area contributed by atoms with Gasteiger partial charge in [-0.15, -0.1) is 0 Å². The average Bonchev–Trinajstić information content (AvgIpc) is 2.74. The van der Waals surface area contributed by atoms with E-state index in [1.807, 2.05) is 19.1 Å². The Labute approximate surface area is 195 Å². The average molecular weight is 454 g/mol. The Balaban J connectivity index is 2.15. The number of ether oxygens (including phenoxy) is 2. The topological polar surface area (TPSA) is 72.1 Å². The first-order chi connectivity index (χ1) is 15.7. The molecular formula is C27H35NO5. The van der Waals surface area contributed by atoms with E-state index in [2.05, 4.69) is 32.6 Å². The van der Waals surface area contributed by atoms with Crippen molar-refractivity contribution in [2.45, 2.75) is 41.2 Å². The van der Waals surface area contributed by atoms with Crippen LogP contribution in [0.1, 0.15) is 38.8 Å². The molecule has 0 fully saturated rings. The summed E-state index contributed by atoms with van der Waals surface area (Å²) in [4.78, 5) is 15.5. The van der Waals surface area contributed by atoms with E-state index in [9.17, 15) is 9.90 Å². The summed E-state index contributed by atoms with van der Waals surface area (Å²) in [6, 6.07) is 8.87. The lowest BCUT2D eigenvalue weighted by molar-refractivity contribution is 0.209. The molecule has 1 heterocycles. The lowest BCUT2D eigenvalue weighted by atomic mass is 9.97. The van der Waals surface area contributed by atoms with Gasteiger partial charge in [-0.1, -0.05) is 33.8 Å². The highest BCUT2D eigenvalue weighted by Gasteiger charge is 2.21. The van der Waals surface area contributed by atoms with Crippen LogP contribution in [-0.2, 0) is 6.54 Å². The summed E-state index contributed by atoms with van der Waals surface area (Å²) in [5.74, 6) is 2.23. The zero-order valence-corrected chi connectivity index (χ0v) is 20.7. The van der Waals surface area contributed by atoms with Crippen molar-refractivity contribution in [3.05, 3.63) is 51.9 Å². The minimum absolute atomic E-state index is 0.140. The van der Waals surface area contributed by atoms with E-state index >= 15 is 0 Å². The molecule has 2 aromatic carbocycles. The minimum Gasteiger partial charge on any atom is -0.507 e. The predicted molar refractivity (Wildman–Crippen MR) is 132 cm³/mol. The molecule has 3 aromatic rings. The van der Waals surface area contributed by atoms with Gasteiger partial charge in [0.2, 0.25) is 0 Å². The molecule has 6 nitrogen and oxygen atoms in total. The van der Waals surface area contributed by atoms with Crippen LogP contribution in [0, 0.1) is 18.8 Å². The zero-order chi connectivity index (χ0) is 24.3. The van der Waals surface area contributed by atoms with E-state index < -0.39 is 5.63 Å². The molecule has 1 N–H and O–H groups in total. The van der Waals surface area contributed by atoms with Gasteiger partial charge in [-0.25, -0.2) is 4.79 Å². The Kier molecular flexibility index (Phi) is 7.69. The summed E-state index contributed by atoms with van der Waals surface area (Å²) >= 11 is 0. The van der Waals surface area contributed by atoms with Crippen molar-refractivity contribution in [2.75, 3.05) is 27.3 Å². The highest BCUT2D eigenvalue weighted by atomic mass is 16.5. The summed E-state index contributed by atoms with van der Waals surface area (Å²) in [7, 11) is 3.13. The standard InChI is InChI=1S/C27H35NO5/c1-16(2)13-28(14-17(3)4)15-21-22(29)10-9-20-18(5)25(27(30)33-26(20)21)19-8-11-23(31-6)24(12-19)32-7/h8-12,16-17,29H,13-15H2,1-7H3. The van der Waals surface area contributed by atoms with Gasteiger partial charge in [0.1, 0.15) is 11.3 Å². The minimum atomic E-state index is -0.446. The Morgan fingerprint density at radius 2 is 1.61 bits per heavy atom. The van der Waals surface area contributed by atoms with Crippen molar-refractivity contribution < 1.29 is 19.0 Å². The third kappa shape index (κ3) is 5.33. The van der Waals surface area contributed by atoms with Crippen molar-refractivity contribution in [1.82, 2.24) is 4.90 Å². The van der Waals surface area contributed by atoms with Gasteiger partial charge in [0.05, 0.1) is 25.3 Å². The monoisotopic (exact) mass is 453 g/mol. The molecular weight excluding hydrogens is 418 g/mol. The van der Waals surface area contributed by atoms with Crippen LogP contribution < -0.4 is 15.1 Å². The summed E-state index contributed by atoms with van der Waals surface area (Å²) < 4.78 is 16.6. The largest absolute Gasteiger partial charge is 0.507 e. The van der Waals surface area contributed by atoms with Gasteiger partial charge in [0, 0.05) is 25.0 Å². The van der Waals surface area contributed by atoms with E-state index in [4.69, 9.17) is 13.9 Å². The van der Waals surface area contributed by atoms with E-state index in [1.54, 1.807) is 32.4 Å². The van der Waals surface area contributed by atoms with Crippen LogP contribution in [0.15, 0.2) is 39.5 Å². The van der Waals surface area contributed by atoms with Crippen molar-refractivity contribution in [3.8, 4) is 28.4 Å². The molecule has 0 saturated carbocycles. The SMILES string of the molecule is COc1ccc(-c2c(C)c3ccc(O)c(CN(CC(C)C)CC(C)C)c3oc2=O)cc1OC. The molecule has 1 aromatic heterocycles. The molecule has 0 radical (unpaired) electrons. The van der Waals surface area contributed by atoms with Crippen molar-refractivity contribution in [3.63, 3.8) is 0 Å². The zero-order valence-electron chi connectivity index (χ0n) is 20.7. The molecule has 0 aliphatic heterocycles. The Morgan fingerprint density at radius 3 is 2.18 bits per heavy atom. The number of fused-ring (bicyclic) bond motifs is 1. The van der Waals surface area contributed by atoms with Crippen LogP contribution in [-0.4, -0.2) is 37.3 Å². The molecule has 0 unspecified atom stereocenters. The van der Waals surface area contributed by atoms with Gasteiger partial charge < -0.3 is 19.0 Å². The number of methoxy groups -OCH3 is 2. The third-order valence-electron chi connectivity index (χ3n) is 5.71. The van der Waals surface area contributed by atoms with E-state index in [1.165, 1.54) is 0 Å². The number of aryl methyl sites for hydroxylation is 1. The molecule has 33 heavy (non-hydrogen) atoms. The van der Waals surface area contributed by atoms with Crippen LogP contribution in [0.5, 0.6) is 17.2 Å². The molecule has 3 rings (SSSR count). The van der Waals surface area contributed by atoms with Crippen molar-refractivity contribution >= 4 is 11.0 Å². The molecule has 178 valence electrons. The number of aromatic hydroxyl groups is 1. The lowest BCUT2D eigenvalue weighted by Gasteiger charge is -2.26. The number of rotatable bonds is 9. The second-order valence-electron chi connectivity index (χ2n) is 9.38. The van der Waals surface area contributed by atoms with Crippen LogP contribution in [0.4, 0.5) is 0 Å². The maximum absolute atomic E-state index is 13.2. The van der Waals surface area contributed by atoms with Crippen LogP contribution in [0.3, 0.4) is 0 Å². The van der Waals surface area contributed by atoms with Gasteiger partial charge in [0.15, 0.2) is 11.5 Å². The van der Waals surface area contributed by atoms with Crippen molar-refractivity contribution in [2.24, 2.45) is 11.8 Å². The van der Waals surface area contributed by atoms with E-state index in [0.29, 0.717) is 52.2 Å². The fourth-order valence-corrected chi connectivity index (χ4v) is 4.40. The molecule has 6 heteroatoms. The summed E-state index contributed by atoms with van der Waals surface area (Å²) in [5, 5.41) is 11.5. The van der Waals surface area contributed by atoms with Crippen LogP contribution >= 0.6 is 0 Å². The number of hydrogen-bond donors (Lipinski definition) is 1. The van der Waals surface area contributed by atoms with Gasteiger partial charge in [-0.3, -0.25) is 4.90 Å². The van der Waals surface area contributed by atoms with Gasteiger partial charge in [-0.2, -0.15) is 0 Å². The smallest absolute Gasteiger partial charge is 0.344 e. The highest BCUT2D eigenvalue weighted by molar-refractivity contribution is 5.90. The quantitative estimate of drug-likeness (QED) is 0.425. The van der Waals surface area contributed by atoms with Gasteiger partial charge >= 0.3 is 5.63 Å². The molecule has 0 spiro atoms. The first-order valence-electron chi connectivity index (χ1n) is 11.4. The Morgan fingerprint density at radius 1 is 0.970 bits per heavy atom. The predicted octanol–water partition coefficient (Wildman–Crippen LogP) is 5.61. The Bertz CT molecular complexity index is 1170. The fourth-order valence-electron chi connectivity index (χ4n) is 4.40. The second-order valence-corrected chi connectivity index (χ2v) is 9.38. The summed E-state index contributed by atoms with van der Waals surface area (Å²) in [6.07, 6.45) is 0. The number of hydrogen-bond acceptors (Lipinski definition) is 6. The lowest BCUT2D eigenvalue weighted by Crippen LogP contribution is -2.31. The van der Waals surface area contributed by atoms with E-state index in [0.717, 1.165) is 24.0 Å². The van der Waals surface area contributed by atoms with Crippen LogP contribution in [0.2, 0.25) is 0 Å².